The molecule has 6 rings (SSSR count). The number of aryl methyl sites for hydroxylation is 2. The lowest BCUT2D eigenvalue weighted by Gasteiger charge is -2.15. The highest BCUT2D eigenvalue weighted by atomic mass is 16.5. The molecule has 0 atom stereocenters. The molecule has 0 aliphatic rings. The fraction of sp³-hybridized carbons (Fsp3) is 0.161. The SMILES string of the molecule is COc1ccc(CNc2ncnc(Nc3ccc(Oc4ccc5c(c4)ncn5C)c(C)c3)c2-c2nc(CN)co2)cc1. The zero-order valence-corrected chi connectivity index (χ0v) is 23.5. The lowest BCUT2D eigenvalue weighted by Crippen LogP contribution is -2.07. The molecule has 3 heterocycles. The molecule has 212 valence electrons. The predicted octanol–water partition coefficient (Wildman–Crippen LogP) is 5.94. The number of rotatable bonds is 10. The molecule has 0 radical (unpaired) electrons. The van der Waals surface area contributed by atoms with Crippen LogP contribution in [0.2, 0.25) is 0 Å². The van der Waals surface area contributed by atoms with Gasteiger partial charge in [0.25, 0.3) is 0 Å². The molecule has 0 saturated carbocycles. The smallest absolute Gasteiger partial charge is 0.233 e. The first-order chi connectivity index (χ1) is 20.5. The first-order valence-corrected chi connectivity index (χ1v) is 13.3. The number of anilines is 3. The van der Waals surface area contributed by atoms with E-state index in [1.807, 2.05) is 79.2 Å². The van der Waals surface area contributed by atoms with Crippen LogP contribution in [-0.4, -0.2) is 31.6 Å². The van der Waals surface area contributed by atoms with Gasteiger partial charge in [0.2, 0.25) is 5.89 Å². The molecule has 4 N–H and O–H groups in total. The number of nitrogens with one attached hydrogen (secondary N) is 2. The molecular formula is C31H30N8O3. The van der Waals surface area contributed by atoms with Crippen LogP contribution in [0.3, 0.4) is 0 Å². The summed E-state index contributed by atoms with van der Waals surface area (Å²) in [5.41, 5.74) is 11.7. The van der Waals surface area contributed by atoms with Crippen molar-refractivity contribution in [2.24, 2.45) is 12.8 Å². The summed E-state index contributed by atoms with van der Waals surface area (Å²) in [5.74, 6) is 3.70. The largest absolute Gasteiger partial charge is 0.497 e. The Labute approximate surface area is 242 Å². The molecule has 0 aliphatic carbocycles. The van der Waals surface area contributed by atoms with Crippen LogP contribution in [-0.2, 0) is 20.1 Å². The number of methoxy groups -OCH3 is 1. The van der Waals surface area contributed by atoms with E-state index in [0.717, 1.165) is 45.1 Å². The second kappa shape index (κ2) is 11.6. The van der Waals surface area contributed by atoms with E-state index in [1.54, 1.807) is 13.4 Å². The van der Waals surface area contributed by atoms with Gasteiger partial charge in [-0.3, -0.25) is 0 Å². The van der Waals surface area contributed by atoms with Crippen molar-refractivity contribution >= 4 is 28.4 Å². The predicted molar refractivity (Wildman–Crippen MR) is 161 cm³/mol. The van der Waals surface area contributed by atoms with Crippen LogP contribution in [0.5, 0.6) is 17.2 Å². The highest BCUT2D eigenvalue weighted by Crippen LogP contribution is 2.35. The van der Waals surface area contributed by atoms with Gasteiger partial charge in [-0.05, 0) is 60.5 Å². The van der Waals surface area contributed by atoms with Gasteiger partial charge >= 0.3 is 0 Å². The van der Waals surface area contributed by atoms with Crippen molar-refractivity contribution < 1.29 is 13.9 Å². The van der Waals surface area contributed by atoms with Crippen molar-refractivity contribution in [3.05, 3.63) is 96.4 Å². The average Bonchev–Trinajstić information content (AvgIpc) is 3.64. The zero-order chi connectivity index (χ0) is 29.1. The second-order valence-corrected chi connectivity index (χ2v) is 9.71. The lowest BCUT2D eigenvalue weighted by atomic mass is 10.2. The molecule has 0 saturated heterocycles. The third-order valence-corrected chi connectivity index (χ3v) is 6.80. The summed E-state index contributed by atoms with van der Waals surface area (Å²) in [6.45, 7) is 2.76. The van der Waals surface area contributed by atoms with Crippen molar-refractivity contribution in [1.82, 2.24) is 24.5 Å². The molecule has 0 spiro atoms. The summed E-state index contributed by atoms with van der Waals surface area (Å²) in [6, 6.07) is 19.5. The fourth-order valence-electron chi connectivity index (χ4n) is 4.55. The van der Waals surface area contributed by atoms with Gasteiger partial charge in [-0.25, -0.2) is 19.9 Å². The summed E-state index contributed by atoms with van der Waals surface area (Å²) in [5, 5.41) is 6.79. The summed E-state index contributed by atoms with van der Waals surface area (Å²) in [6.07, 6.45) is 4.82. The fourth-order valence-corrected chi connectivity index (χ4v) is 4.55. The Kier molecular flexibility index (Phi) is 7.39. The Balaban J connectivity index is 1.26. The number of fused-ring (bicyclic) bond motifs is 1. The molecule has 6 aromatic rings. The van der Waals surface area contributed by atoms with Gasteiger partial charge in [0.15, 0.2) is 0 Å². The number of nitrogens with two attached hydrogens (primary N) is 1. The van der Waals surface area contributed by atoms with Crippen molar-refractivity contribution in [3.8, 4) is 28.7 Å². The first kappa shape index (κ1) is 26.8. The molecule has 11 nitrogen and oxygen atoms in total. The number of oxazole rings is 1. The standard InChI is InChI=1S/C31H30N8O3/c1-19-12-21(6-11-27(19)42-24-9-10-26-25(13-24)36-18-39(26)2)37-30-28(31-38-22(14-32)16-41-31)29(34-17-35-30)33-15-20-4-7-23(40-3)8-5-20/h4-13,16-18H,14-15,32H2,1-3H3,(H2,33,34,35,37). The van der Waals surface area contributed by atoms with Crippen LogP contribution in [0.15, 0.2) is 84.0 Å². The Bertz CT molecular complexity index is 1850. The molecule has 0 unspecified atom stereocenters. The number of aromatic nitrogens is 5. The van der Waals surface area contributed by atoms with E-state index in [0.29, 0.717) is 35.3 Å². The van der Waals surface area contributed by atoms with Crippen molar-refractivity contribution in [2.75, 3.05) is 17.7 Å². The Morgan fingerprint density at radius 3 is 2.52 bits per heavy atom. The maximum atomic E-state index is 6.19. The molecule has 0 aliphatic heterocycles. The van der Waals surface area contributed by atoms with Gasteiger partial charge in [0, 0.05) is 31.9 Å². The quantitative estimate of drug-likeness (QED) is 0.184. The zero-order valence-electron chi connectivity index (χ0n) is 23.5. The molecule has 0 fully saturated rings. The van der Waals surface area contributed by atoms with Crippen molar-refractivity contribution in [2.45, 2.75) is 20.0 Å². The van der Waals surface area contributed by atoms with E-state index >= 15 is 0 Å². The van der Waals surface area contributed by atoms with E-state index in [9.17, 15) is 0 Å². The van der Waals surface area contributed by atoms with Gasteiger partial charge in [-0.15, -0.1) is 0 Å². The minimum Gasteiger partial charge on any atom is -0.497 e. The highest BCUT2D eigenvalue weighted by molar-refractivity contribution is 5.83. The Hall–Kier alpha value is -5.42. The molecule has 0 amide bonds. The van der Waals surface area contributed by atoms with Crippen LogP contribution in [0.25, 0.3) is 22.5 Å². The first-order valence-electron chi connectivity index (χ1n) is 13.3. The Morgan fingerprint density at radius 1 is 0.952 bits per heavy atom. The average molecular weight is 563 g/mol. The Morgan fingerprint density at radius 2 is 1.76 bits per heavy atom. The molecule has 11 heteroatoms. The van der Waals surface area contributed by atoms with Gasteiger partial charge in [-0.1, -0.05) is 12.1 Å². The maximum absolute atomic E-state index is 6.19. The summed E-state index contributed by atoms with van der Waals surface area (Å²) < 4.78 is 19.2. The van der Waals surface area contributed by atoms with E-state index in [2.05, 4.69) is 30.6 Å². The van der Waals surface area contributed by atoms with Crippen LogP contribution in [0.4, 0.5) is 17.3 Å². The third-order valence-electron chi connectivity index (χ3n) is 6.80. The maximum Gasteiger partial charge on any atom is 0.233 e. The van der Waals surface area contributed by atoms with E-state index in [-0.39, 0.29) is 6.54 Å². The summed E-state index contributed by atoms with van der Waals surface area (Å²) in [7, 11) is 3.61. The van der Waals surface area contributed by atoms with Gasteiger partial charge in [0.05, 0.1) is 30.2 Å². The highest BCUT2D eigenvalue weighted by Gasteiger charge is 2.20. The third kappa shape index (κ3) is 5.58. The number of nitrogens with zero attached hydrogens (tertiary/aromatic N) is 5. The van der Waals surface area contributed by atoms with E-state index in [4.69, 9.17) is 19.6 Å². The van der Waals surface area contributed by atoms with Crippen molar-refractivity contribution in [1.29, 1.82) is 0 Å². The van der Waals surface area contributed by atoms with Gasteiger partial charge < -0.3 is 34.8 Å². The number of ether oxygens (including phenoxy) is 2. The number of benzene rings is 3. The van der Waals surface area contributed by atoms with Crippen LogP contribution in [0.1, 0.15) is 16.8 Å². The number of hydrogen-bond acceptors (Lipinski definition) is 10. The van der Waals surface area contributed by atoms with Crippen LogP contribution in [0, 0.1) is 6.92 Å². The minimum atomic E-state index is 0.252. The molecule has 3 aromatic heterocycles. The second-order valence-electron chi connectivity index (χ2n) is 9.71. The molecule has 3 aromatic carbocycles. The number of hydrogen-bond donors (Lipinski definition) is 3. The van der Waals surface area contributed by atoms with Crippen molar-refractivity contribution in [3.63, 3.8) is 0 Å². The molecule has 42 heavy (non-hydrogen) atoms. The van der Waals surface area contributed by atoms with Gasteiger partial charge in [0.1, 0.15) is 47.0 Å². The van der Waals surface area contributed by atoms with Crippen LogP contribution < -0.4 is 25.8 Å². The summed E-state index contributed by atoms with van der Waals surface area (Å²) in [4.78, 5) is 18.0. The van der Waals surface area contributed by atoms with E-state index < -0.39 is 0 Å². The molecule has 0 bridgehead atoms. The summed E-state index contributed by atoms with van der Waals surface area (Å²) >= 11 is 0. The number of imidazole rings is 1. The molecular weight excluding hydrogens is 532 g/mol. The monoisotopic (exact) mass is 562 g/mol. The van der Waals surface area contributed by atoms with Gasteiger partial charge in [-0.2, -0.15) is 0 Å². The topological polar surface area (TPSA) is 138 Å². The minimum absolute atomic E-state index is 0.252. The normalized spacial score (nSPS) is 11.0. The van der Waals surface area contributed by atoms with Crippen LogP contribution >= 0.6 is 0 Å². The lowest BCUT2D eigenvalue weighted by molar-refractivity contribution is 0.414. The van der Waals surface area contributed by atoms with E-state index in [1.165, 1.54) is 12.6 Å².